The second-order valence-electron chi connectivity index (χ2n) is 3.10. The number of aliphatic carboxylic acids is 1. The van der Waals surface area contributed by atoms with Crippen molar-refractivity contribution in [3.8, 4) is 5.75 Å². The fourth-order valence-electron chi connectivity index (χ4n) is 1.12. The van der Waals surface area contributed by atoms with Gasteiger partial charge in [-0.3, -0.25) is 0 Å². The first kappa shape index (κ1) is 14.4. The number of nitrogen functional groups attached to an aromatic ring is 1. The monoisotopic (exact) mass is 325 g/mol. The molecule has 18 heavy (non-hydrogen) atoms. The molecule has 4 nitrogen and oxygen atoms in total. The Bertz CT molecular complexity index is 500. The number of hydrogen-bond acceptors (Lipinski definition) is 3. The van der Waals surface area contributed by atoms with Crippen molar-refractivity contribution in [1.82, 2.24) is 0 Å². The van der Waals surface area contributed by atoms with Gasteiger partial charge in [0.1, 0.15) is 5.75 Å². The van der Waals surface area contributed by atoms with Crippen molar-refractivity contribution in [3.05, 3.63) is 28.2 Å². The molecule has 0 radical (unpaired) electrons. The lowest BCUT2D eigenvalue weighted by atomic mass is 10.1. The number of rotatable bonds is 3. The third-order valence-corrected chi connectivity index (χ3v) is 2.67. The van der Waals surface area contributed by atoms with E-state index in [4.69, 9.17) is 10.8 Å². The van der Waals surface area contributed by atoms with Gasteiger partial charge in [-0.1, -0.05) is 0 Å². The summed E-state index contributed by atoms with van der Waals surface area (Å²) in [6, 6.07) is 2.22. The van der Waals surface area contributed by atoms with E-state index in [0.29, 0.717) is 6.08 Å². The molecule has 0 bridgehead atoms. The number of hydrogen-bond donors (Lipinski definition) is 2. The van der Waals surface area contributed by atoms with Gasteiger partial charge < -0.3 is 15.6 Å². The number of carbonyl (C=O) groups is 1. The maximum atomic E-state index is 12.1. The third kappa shape index (κ3) is 3.95. The molecule has 3 N–H and O–H groups in total. The molecule has 98 valence electrons. The molecule has 0 saturated carbocycles. The van der Waals surface area contributed by atoms with Crippen LogP contribution in [0.4, 0.5) is 18.9 Å². The molecule has 0 aliphatic carbocycles. The molecule has 0 aliphatic heterocycles. The predicted molar refractivity (Wildman–Crippen MR) is 61.9 cm³/mol. The highest BCUT2D eigenvalue weighted by molar-refractivity contribution is 9.10. The van der Waals surface area contributed by atoms with E-state index in [1.54, 1.807) is 0 Å². The van der Waals surface area contributed by atoms with Gasteiger partial charge in [0.25, 0.3) is 0 Å². The summed E-state index contributed by atoms with van der Waals surface area (Å²) in [5, 5.41) is 8.46. The zero-order valence-corrected chi connectivity index (χ0v) is 10.2. The van der Waals surface area contributed by atoms with Gasteiger partial charge in [-0.15, -0.1) is 13.2 Å². The highest BCUT2D eigenvalue weighted by Gasteiger charge is 2.32. The number of benzene rings is 1. The van der Waals surface area contributed by atoms with E-state index in [1.807, 2.05) is 0 Å². The molecule has 8 heteroatoms. The van der Waals surface area contributed by atoms with Gasteiger partial charge in [-0.2, -0.15) is 0 Å². The first-order valence-corrected chi connectivity index (χ1v) is 5.24. The Morgan fingerprint density at radius 1 is 1.44 bits per heavy atom. The number of ether oxygens (including phenoxy) is 1. The molecule has 0 spiro atoms. The summed E-state index contributed by atoms with van der Waals surface area (Å²) < 4.78 is 40.3. The largest absolute Gasteiger partial charge is 0.573 e. The number of anilines is 1. The molecule has 0 aliphatic rings. The van der Waals surface area contributed by atoms with Crippen LogP contribution in [0.2, 0.25) is 0 Å². The average molecular weight is 326 g/mol. The Morgan fingerprint density at radius 3 is 2.56 bits per heavy atom. The van der Waals surface area contributed by atoms with Crippen LogP contribution in [0.3, 0.4) is 0 Å². The van der Waals surface area contributed by atoms with Crippen molar-refractivity contribution < 1.29 is 27.8 Å². The van der Waals surface area contributed by atoms with E-state index < -0.39 is 18.1 Å². The van der Waals surface area contributed by atoms with Crippen LogP contribution in [0.1, 0.15) is 5.56 Å². The Kier molecular flexibility index (Phi) is 4.23. The van der Waals surface area contributed by atoms with Gasteiger partial charge in [0.05, 0.1) is 4.47 Å². The minimum absolute atomic E-state index is 0.102. The third-order valence-electron chi connectivity index (χ3n) is 1.79. The van der Waals surface area contributed by atoms with E-state index in [0.717, 1.165) is 12.1 Å². The normalized spacial score (nSPS) is 11.8. The van der Waals surface area contributed by atoms with E-state index >= 15 is 0 Å². The molecule has 1 aromatic rings. The summed E-state index contributed by atoms with van der Waals surface area (Å²) in [4.78, 5) is 10.4. The second kappa shape index (κ2) is 5.30. The van der Waals surface area contributed by atoms with Gasteiger partial charge in [0, 0.05) is 17.3 Å². The number of alkyl halides is 3. The SMILES string of the molecule is Nc1ccc(OC(F)(F)F)c(/C=C/C(=O)O)c1Br. The van der Waals surface area contributed by atoms with Crippen molar-refractivity contribution in [2.24, 2.45) is 0 Å². The Morgan fingerprint density at radius 2 is 2.06 bits per heavy atom. The van der Waals surface area contributed by atoms with Crippen LogP contribution in [0.15, 0.2) is 22.7 Å². The lowest BCUT2D eigenvalue weighted by Crippen LogP contribution is -2.18. The molecule has 0 heterocycles. The van der Waals surface area contributed by atoms with Crippen LogP contribution in [0, 0.1) is 0 Å². The molecule has 0 saturated heterocycles. The summed E-state index contributed by atoms with van der Waals surface area (Å²) in [5.74, 6) is -1.84. The average Bonchev–Trinajstić information content (AvgIpc) is 2.20. The smallest absolute Gasteiger partial charge is 0.478 e. The van der Waals surface area contributed by atoms with Crippen LogP contribution in [0.5, 0.6) is 5.75 Å². The summed E-state index contributed by atoms with van der Waals surface area (Å²) in [5.41, 5.74) is 5.55. The number of carboxylic acid groups (broad SMARTS) is 1. The van der Waals surface area contributed by atoms with Crippen LogP contribution in [-0.4, -0.2) is 17.4 Å². The number of nitrogens with two attached hydrogens (primary N) is 1. The van der Waals surface area contributed by atoms with Crippen molar-refractivity contribution in [1.29, 1.82) is 0 Å². The lowest BCUT2D eigenvalue weighted by Gasteiger charge is -2.13. The molecular weight excluding hydrogens is 319 g/mol. The maximum absolute atomic E-state index is 12.1. The minimum atomic E-state index is -4.87. The summed E-state index contributed by atoms with van der Waals surface area (Å²) >= 11 is 2.97. The van der Waals surface area contributed by atoms with Gasteiger partial charge in [0.15, 0.2) is 0 Å². The maximum Gasteiger partial charge on any atom is 0.573 e. The minimum Gasteiger partial charge on any atom is -0.478 e. The van der Waals surface area contributed by atoms with Crippen LogP contribution in [0.25, 0.3) is 6.08 Å². The molecule has 1 rings (SSSR count). The first-order valence-electron chi connectivity index (χ1n) is 4.45. The fourth-order valence-corrected chi connectivity index (χ4v) is 1.58. The zero-order valence-electron chi connectivity index (χ0n) is 8.66. The quantitative estimate of drug-likeness (QED) is 0.661. The Balaban J connectivity index is 3.25. The molecule has 1 aromatic carbocycles. The van der Waals surface area contributed by atoms with Crippen LogP contribution < -0.4 is 10.5 Å². The topological polar surface area (TPSA) is 72.5 Å². The van der Waals surface area contributed by atoms with E-state index in [1.165, 1.54) is 6.07 Å². The molecule has 0 amide bonds. The lowest BCUT2D eigenvalue weighted by molar-refractivity contribution is -0.274. The fraction of sp³-hybridized carbons (Fsp3) is 0.100. The van der Waals surface area contributed by atoms with Crippen molar-refractivity contribution in [2.75, 3.05) is 5.73 Å². The van der Waals surface area contributed by atoms with E-state index in [-0.39, 0.29) is 15.7 Å². The van der Waals surface area contributed by atoms with Gasteiger partial charge in [-0.05, 0) is 34.1 Å². The molecular formula is C10H7BrF3NO3. The van der Waals surface area contributed by atoms with Gasteiger partial charge in [-0.25, -0.2) is 4.79 Å². The van der Waals surface area contributed by atoms with Crippen molar-refractivity contribution >= 4 is 33.7 Å². The predicted octanol–water partition coefficient (Wildman–Crippen LogP) is 3.03. The molecule has 0 atom stereocenters. The van der Waals surface area contributed by atoms with Gasteiger partial charge in [0.2, 0.25) is 0 Å². The molecule has 0 unspecified atom stereocenters. The van der Waals surface area contributed by atoms with E-state index in [2.05, 4.69) is 20.7 Å². The summed E-state index contributed by atoms with van der Waals surface area (Å²) in [6.45, 7) is 0. The highest BCUT2D eigenvalue weighted by atomic mass is 79.9. The second-order valence-corrected chi connectivity index (χ2v) is 3.89. The summed E-state index contributed by atoms with van der Waals surface area (Å²) in [7, 11) is 0. The highest BCUT2D eigenvalue weighted by Crippen LogP contribution is 2.35. The Labute approximate surface area is 108 Å². The molecule has 0 aromatic heterocycles. The van der Waals surface area contributed by atoms with Gasteiger partial charge >= 0.3 is 12.3 Å². The Hall–Kier alpha value is -1.70. The molecule has 0 fully saturated rings. The van der Waals surface area contributed by atoms with Crippen molar-refractivity contribution in [2.45, 2.75) is 6.36 Å². The number of halogens is 4. The number of carboxylic acids is 1. The van der Waals surface area contributed by atoms with E-state index in [9.17, 15) is 18.0 Å². The standard InChI is InChI=1S/C10H7BrF3NO3/c11-9-5(1-4-8(16)17)7(3-2-6(9)15)18-10(12,13)14/h1-4H,15H2,(H,16,17)/b4-1+. The zero-order chi connectivity index (χ0) is 13.9. The van der Waals surface area contributed by atoms with Crippen LogP contribution >= 0.6 is 15.9 Å². The first-order chi connectivity index (χ1) is 8.20. The van der Waals surface area contributed by atoms with Crippen LogP contribution in [-0.2, 0) is 4.79 Å². The summed E-state index contributed by atoms with van der Waals surface area (Å²) in [6.07, 6.45) is -3.23. The van der Waals surface area contributed by atoms with Crippen molar-refractivity contribution in [3.63, 3.8) is 0 Å².